The van der Waals surface area contributed by atoms with E-state index in [1.54, 1.807) is 0 Å². The number of carbonyl (C=O) groups is 1. The van der Waals surface area contributed by atoms with Gasteiger partial charge in [0.05, 0.1) is 6.61 Å². The van der Waals surface area contributed by atoms with Crippen molar-refractivity contribution >= 4 is 5.97 Å². The number of ether oxygens (including phenoxy) is 1. The van der Waals surface area contributed by atoms with Gasteiger partial charge < -0.3 is 10.1 Å². The molecule has 0 aliphatic carbocycles. The number of nitrogens with one attached hydrogen (secondary N) is 1. The zero-order valence-electron chi connectivity index (χ0n) is 9.43. The van der Waals surface area contributed by atoms with Gasteiger partial charge >= 0.3 is 5.97 Å². The van der Waals surface area contributed by atoms with Crippen LogP contribution < -0.4 is 5.32 Å². The van der Waals surface area contributed by atoms with Gasteiger partial charge in [0.2, 0.25) is 0 Å². The molecule has 1 fully saturated rings. The highest BCUT2D eigenvalue weighted by Gasteiger charge is 2.37. The van der Waals surface area contributed by atoms with Gasteiger partial charge in [-0.2, -0.15) is 0 Å². The van der Waals surface area contributed by atoms with Gasteiger partial charge in [0.25, 0.3) is 0 Å². The zero-order valence-corrected chi connectivity index (χ0v) is 9.43. The topological polar surface area (TPSA) is 38.3 Å². The highest BCUT2D eigenvalue weighted by atomic mass is 16.5. The lowest BCUT2D eigenvalue weighted by atomic mass is 9.77. The fourth-order valence-corrected chi connectivity index (χ4v) is 1.90. The average Bonchev–Trinajstić information content (AvgIpc) is 2.13. The molecule has 1 N–H and O–H groups in total. The summed E-state index contributed by atoms with van der Waals surface area (Å²) in [4.78, 5) is 11.7. The molecule has 1 saturated heterocycles. The van der Waals surface area contributed by atoms with E-state index in [1.807, 2.05) is 6.92 Å². The van der Waals surface area contributed by atoms with Crippen LogP contribution >= 0.6 is 0 Å². The second-order valence-corrected chi connectivity index (χ2v) is 4.65. The molecule has 3 nitrogen and oxygen atoms in total. The maximum Gasteiger partial charge on any atom is 0.323 e. The van der Waals surface area contributed by atoms with E-state index in [4.69, 9.17) is 4.74 Å². The van der Waals surface area contributed by atoms with Gasteiger partial charge in [-0.3, -0.25) is 4.79 Å². The molecular formula is C11H21NO2. The molecule has 0 radical (unpaired) electrons. The maximum absolute atomic E-state index is 11.7. The Balaban J connectivity index is 2.51. The molecule has 0 aromatic carbocycles. The van der Waals surface area contributed by atoms with Crippen molar-refractivity contribution in [3.63, 3.8) is 0 Å². The summed E-state index contributed by atoms with van der Waals surface area (Å²) in [5.41, 5.74) is 0.0308. The summed E-state index contributed by atoms with van der Waals surface area (Å²) in [6.45, 7) is 7.71. The van der Waals surface area contributed by atoms with Gasteiger partial charge in [-0.1, -0.05) is 20.8 Å². The fourth-order valence-electron chi connectivity index (χ4n) is 1.90. The van der Waals surface area contributed by atoms with Crippen molar-refractivity contribution < 1.29 is 9.53 Å². The Hall–Kier alpha value is -0.570. The van der Waals surface area contributed by atoms with Gasteiger partial charge in [0, 0.05) is 0 Å². The van der Waals surface area contributed by atoms with Crippen molar-refractivity contribution in [3.8, 4) is 0 Å². The Labute approximate surface area is 86.2 Å². The maximum atomic E-state index is 11.7. The highest BCUT2D eigenvalue weighted by molar-refractivity contribution is 5.77. The minimum atomic E-state index is -0.122. The van der Waals surface area contributed by atoms with Crippen molar-refractivity contribution in [1.29, 1.82) is 0 Å². The molecule has 82 valence electrons. The average molecular weight is 199 g/mol. The van der Waals surface area contributed by atoms with Crippen LogP contribution in [0, 0.1) is 5.41 Å². The molecule has 0 bridgehead atoms. The van der Waals surface area contributed by atoms with Crippen LogP contribution in [0.4, 0.5) is 0 Å². The molecule has 1 aliphatic rings. The molecule has 0 aromatic rings. The molecule has 0 amide bonds. The molecule has 0 saturated carbocycles. The van der Waals surface area contributed by atoms with Crippen molar-refractivity contribution in [1.82, 2.24) is 5.32 Å². The van der Waals surface area contributed by atoms with Crippen LogP contribution in [-0.2, 0) is 9.53 Å². The predicted molar refractivity (Wildman–Crippen MR) is 56.1 cm³/mol. The predicted octanol–water partition coefficient (Wildman–Crippen LogP) is 1.72. The summed E-state index contributed by atoms with van der Waals surface area (Å²) in [7, 11) is 0. The Morgan fingerprint density at radius 3 is 2.86 bits per heavy atom. The second kappa shape index (κ2) is 4.78. The van der Waals surface area contributed by atoms with E-state index in [0.717, 1.165) is 25.8 Å². The summed E-state index contributed by atoms with van der Waals surface area (Å²) in [5.74, 6) is -0.0865. The van der Waals surface area contributed by atoms with Crippen LogP contribution in [0.2, 0.25) is 0 Å². The SMILES string of the molecule is CCCOC(=O)C1NCCCC1(C)C. The normalized spacial score (nSPS) is 25.8. The Morgan fingerprint density at radius 1 is 1.57 bits per heavy atom. The molecule has 14 heavy (non-hydrogen) atoms. The number of piperidine rings is 1. The van der Waals surface area contributed by atoms with Crippen LogP contribution in [-0.4, -0.2) is 25.2 Å². The van der Waals surface area contributed by atoms with Gasteiger partial charge in [0.15, 0.2) is 0 Å². The van der Waals surface area contributed by atoms with Crippen LogP contribution in [0.5, 0.6) is 0 Å². The van der Waals surface area contributed by atoms with E-state index >= 15 is 0 Å². The lowest BCUT2D eigenvalue weighted by molar-refractivity contribution is -0.150. The van der Waals surface area contributed by atoms with E-state index in [0.29, 0.717) is 6.61 Å². The minimum absolute atomic E-state index is 0.0308. The first-order chi connectivity index (χ1) is 6.58. The van der Waals surface area contributed by atoms with E-state index in [9.17, 15) is 4.79 Å². The molecule has 1 rings (SSSR count). The van der Waals surface area contributed by atoms with E-state index in [2.05, 4.69) is 19.2 Å². The first kappa shape index (κ1) is 11.5. The third-order valence-corrected chi connectivity index (χ3v) is 2.81. The minimum Gasteiger partial charge on any atom is -0.465 e. The molecule has 1 unspecified atom stereocenters. The Bertz CT molecular complexity index is 201. The van der Waals surface area contributed by atoms with Gasteiger partial charge in [-0.25, -0.2) is 0 Å². The number of esters is 1. The van der Waals surface area contributed by atoms with Crippen LogP contribution in [0.1, 0.15) is 40.0 Å². The standard InChI is InChI=1S/C11H21NO2/c1-4-8-14-10(13)9-11(2,3)6-5-7-12-9/h9,12H,4-8H2,1-3H3. The number of hydrogen-bond donors (Lipinski definition) is 1. The van der Waals surface area contributed by atoms with Crippen molar-refractivity contribution in [3.05, 3.63) is 0 Å². The summed E-state index contributed by atoms with van der Waals surface area (Å²) in [5, 5.41) is 3.24. The third-order valence-electron chi connectivity index (χ3n) is 2.81. The largest absolute Gasteiger partial charge is 0.465 e. The van der Waals surface area contributed by atoms with Gasteiger partial charge in [-0.15, -0.1) is 0 Å². The fraction of sp³-hybridized carbons (Fsp3) is 0.909. The quantitative estimate of drug-likeness (QED) is 0.703. The second-order valence-electron chi connectivity index (χ2n) is 4.65. The summed E-state index contributed by atoms with van der Waals surface area (Å²) >= 11 is 0. The summed E-state index contributed by atoms with van der Waals surface area (Å²) < 4.78 is 5.16. The monoisotopic (exact) mass is 199 g/mol. The van der Waals surface area contributed by atoms with Crippen LogP contribution in [0.25, 0.3) is 0 Å². The van der Waals surface area contributed by atoms with Crippen molar-refractivity contribution in [2.45, 2.75) is 46.1 Å². The lowest BCUT2D eigenvalue weighted by Crippen LogP contribution is -2.52. The Morgan fingerprint density at radius 2 is 2.29 bits per heavy atom. The molecule has 3 heteroatoms. The lowest BCUT2D eigenvalue weighted by Gasteiger charge is -2.37. The molecule has 1 aliphatic heterocycles. The van der Waals surface area contributed by atoms with Crippen LogP contribution in [0.15, 0.2) is 0 Å². The van der Waals surface area contributed by atoms with E-state index < -0.39 is 0 Å². The molecule has 0 aromatic heterocycles. The third kappa shape index (κ3) is 2.71. The zero-order chi connectivity index (χ0) is 10.6. The van der Waals surface area contributed by atoms with E-state index in [1.165, 1.54) is 0 Å². The number of hydrogen-bond acceptors (Lipinski definition) is 3. The smallest absolute Gasteiger partial charge is 0.323 e. The Kier molecular flexibility index (Phi) is 3.93. The van der Waals surface area contributed by atoms with E-state index in [-0.39, 0.29) is 17.4 Å². The number of rotatable bonds is 3. The highest BCUT2D eigenvalue weighted by Crippen LogP contribution is 2.30. The summed E-state index contributed by atoms with van der Waals surface area (Å²) in [6.07, 6.45) is 3.12. The first-order valence-electron chi connectivity index (χ1n) is 5.48. The van der Waals surface area contributed by atoms with Crippen molar-refractivity contribution in [2.24, 2.45) is 5.41 Å². The molecule has 0 spiro atoms. The molecule has 1 heterocycles. The molecular weight excluding hydrogens is 178 g/mol. The molecule has 1 atom stereocenters. The number of carbonyl (C=O) groups excluding carboxylic acids is 1. The van der Waals surface area contributed by atoms with Crippen molar-refractivity contribution in [2.75, 3.05) is 13.2 Å². The summed E-state index contributed by atoms with van der Waals surface area (Å²) in [6, 6.07) is -0.122. The first-order valence-corrected chi connectivity index (χ1v) is 5.48. The van der Waals surface area contributed by atoms with Gasteiger partial charge in [0.1, 0.15) is 6.04 Å². The van der Waals surface area contributed by atoms with Crippen LogP contribution in [0.3, 0.4) is 0 Å². The van der Waals surface area contributed by atoms with Gasteiger partial charge in [-0.05, 0) is 31.2 Å².